The second-order valence-electron chi connectivity index (χ2n) is 12.5. The molecule has 1 N–H and O–H groups in total. The SMILES string of the molecule is C=C(CC[C@@H](C)[C@H]1CC[C@H]2C3=CCC4C[C@@H](O)CC[C@@]45C[C@@]35CC[C@]12C)C(C)C. The molecule has 0 aromatic heterocycles. The maximum atomic E-state index is 10.3. The highest BCUT2D eigenvalue weighted by molar-refractivity contribution is 5.41. The van der Waals surface area contributed by atoms with Crippen LogP contribution < -0.4 is 0 Å². The molecule has 2 spiro atoms. The standard InChI is InChI=1S/C28H44O/c1-18(2)19(3)6-7-20(4)23-10-11-24-25-9-8-21-16-22(29)12-13-27(21)17-28(25,27)15-14-26(23,24)5/h9,18,20-24,29H,3,6-8,10-17H2,1-2,4-5H3/t20-,21?,22+,23-,24+,26-,27-,28+/m1/s1. The molecule has 8 atom stereocenters. The first-order chi connectivity index (χ1) is 13.7. The molecule has 0 amide bonds. The van der Waals surface area contributed by atoms with E-state index in [1.165, 1.54) is 63.4 Å². The second kappa shape index (κ2) is 6.72. The maximum Gasteiger partial charge on any atom is 0.0543 e. The molecule has 5 aliphatic rings. The summed E-state index contributed by atoms with van der Waals surface area (Å²) < 4.78 is 0. The van der Waals surface area contributed by atoms with Crippen LogP contribution in [0.3, 0.4) is 0 Å². The van der Waals surface area contributed by atoms with Gasteiger partial charge in [0.2, 0.25) is 0 Å². The largest absolute Gasteiger partial charge is 0.393 e. The van der Waals surface area contributed by atoms with Gasteiger partial charge in [-0.2, -0.15) is 0 Å². The molecule has 0 aromatic rings. The van der Waals surface area contributed by atoms with Crippen molar-refractivity contribution in [1.82, 2.24) is 0 Å². The lowest BCUT2D eigenvalue weighted by Gasteiger charge is -2.52. The number of rotatable bonds is 5. The minimum absolute atomic E-state index is 0.0237. The van der Waals surface area contributed by atoms with Gasteiger partial charge in [-0.05, 0) is 116 Å². The number of aliphatic hydroxyl groups is 1. The van der Waals surface area contributed by atoms with Gasteiger partial charge in [-0.25, -0.2) is 0 Å². The average Bonchev–Trinajstić information content (AvgIpc) is 3.22. The molecule has 0 aliphatic heterocycles. The molecular formula is C28H44O. The van der Waals surface area contributed by atoms with E-state index in [1.54, 1.807) is 0 Å². The molecule has 162 valence electrons. The third-order valence-electron chi connectivity index (χ3n) is 11.2. The van der Waals surface area contributed by atoms with E-state index in [0.29, 0.717) is 22.2 Å². The van der Waals surface area contributed by atoms with Gasteiger partial charge < -0.3 is 5.11 Å². The van der Waals surface area contributed by atoms with Crippen LogP contribution in [-0.2, 0) is 0 Å². The Morgan fingerprint density at radius 3 is 2.72 bits per heavy atom. The smallest absolute Gasteiger partial charge is 0.0543 e. The molecule has 4 saturated carbocycles. The Hall–Kier alpha value is -0.560. The summed E-state index contributed by atoms with van der Waals surface area (Å²) in [5, 5.41) is 10.3. The number of aliphatic hydroxyl groups excluding tert-OH is 1. The Kier molecular flexibility index (Phi) is 4.71. The van der Waals surface area contributed by atoms with E-state index in [-0.39, 0.29) is 6.10 Å². The fraction of sp³-hybridized carbons (Fsp3) is 0.857. The lowest BCUT2D eigenvalue weighted by Crippen LogP contribution is -2.44. The van der Waals surface area contributed by atoms with E-state index in [1.807, 2.05) is 5.57 Å². The maximum absolute atomic E-state index is 10.3. The summed E-state index contributed by atoms with van der Waals surface area (Å²) in [4.78, 5) is 0. The normalized spacial score (nSPS) is 48.8. The summed E-state index contributed by atoms with van der Waals surface area (Å²) >= 11 is 0. The molecule has 4 fully saturated rings. The van der Waals surface area contributed by atoms with Crippen LogP contribution in [0, 0.1) is 45.8 Å². The molecule has 29 heavy (non-hydrogen) atoms. The van der Waals surface area contributed by atoms with Crippen LogP contribution in [0.15, 0.2) is 23.8 Å². The van der Waals surface area contributed by atoms with Gasteiger partial charge in [-0.15, -0.1) is 0 Å². The molecular weight excluding hydrogens is 352 g/mol. The summed E-state index contributed by atoms with van der Waals surface area (Å²) in [6, 6.07) is 0. The van der Waals surface area contributed by atoms with Crippen molar-refractivity contribution >= 4 is 0 Å². The Morgan fingerprint density at radius 1 is 1.17 bits per heavy atom. The molecule has 5 rings (SSSR count). The van der Waals surface area contributed by atoms with Crippen LogP contribution in [0.1, 0.15) is 98.3 Å². The van der Waals surface area contributed by atoms with Gasteiger partial charge >= 0.3 is 0 Å². The average molecular weight is 397 g/mol. The second-order valence-corrected chi connectivity index (χ2v) is 12.5. The summed E-state index contributed by atoms with van der Waals surface area (Å²) in [6.45, 7) is 14.1. The van der Waals surface area contributed by atoms with Gasteiger partial charge in [0.05, 0.1) is 6.10 Å². The number of fused-ring (bicyclic) bond motifs is 2. The zero-order valence-corrected chi connectivity index (χ0v) is 19.5. The third kappa shape index (κ3) is 2.74. The minimum Gasteiger partial charge on any atom is -0.393 e. The molecule has 0 heterocycles. The van der Waals surface area contributed by atoms with Gasteiger partial charge in [0.1, 0.15) is 0 Å². The van der Waals surface area contributed by atoms with Gasteiger partial charge in [-0.1, -0.05) is 51.5 Å². The van der Waals surface area contributed by atoms with E-state index in [9.17, 15) is 5.11 Å². The molecule has 0 aromatic carbocycles. The highest BCUT2D eigenvalue weighted by Crippen LogP contribution is 2.84. The van der Waals surface area contributed by atoms with Crippen molar-refractivity contribution in [1.29, 1.82) is 0 Å². The van der Waals surface area contributed by atoms with Crippen molar-refractivity contribution in [2.24, 2.45) is 45.8 Å². The Labute approximate surface area is 179 Å². The predicted molar refractivity (Wildman–Crippen MR) is 121 cm³/mol. The Balaban J connectivity index is 1.34. The summed E-state index contributed by atoms with van der Waals surface area (Å²) in [7, 11) is 0. The van der Waals surface area contributed by atoms with E-state index >= 15 is 0 Å². The highest BCUT2D eigenvalue weighted by Gasteiger charge is 2.76. The van der Waals surface area contributed by atoms with Gasteiger partial charge in [0.25, 0.3) is 0 Å². The first-order valence-electron chi connectivity index (χ1n) is 12.8. The van der Waals surface area contributed by atoms with E-state index < -0.39 is 0 Å². The van der Waals surface area contributed by atoms with E-state index in [2.05, 4.69) is 40.3 Å². The fourth-order valence-electron chi connectivity index (χ4n) is 9.25. The summed E-state index contributed by atoms with van der Waals surface area (Å²) in [6.07, 6.45) is 17.2. The van der Waals surface area contributed by atoms with Crippen molar-refractivity contribution in [2.75, 3.05) is 0 Å². The molecule has 5 aliphatic carbocycles. The fourth-order valence-corrected chi connectivity index (χ4v) is 9.25. The van der Waals surface area contributed by atoms with Crippen molar-refractivity contribution in [2.45, 2.75) is 104 Å². The third-order valence-corrected chi connectivity index (χ3v) is 11.2. The van der Waals surface area contributed by atoms with Crippen molar-refractivity contribution in [3.63, 3.8) is 0 Å². The van der Waals surface area contributed by atoms with Crippen LogP contribution in [0.4, 0.5) is 0 Å². The lowest BCUT2D eigenvalue weighted by molar-refractivity contribution is 0.0117. The quantitative estimate of drug-likeness (QED) is 0.483. The van der Waals surface area contributed by atoms with Crippen LogP contribution in [0.25, 0.3) is 0 Å². The Bertz CT molecular complexity index is 718. The first-order valence-corrected chi connectivity index (χ1v) is 12.8. The van der Waals surface area contributed by atoms with Gasteiger partial charge in [0, 0.05) is 0 Å². The zero-order valence-electron chi connectivity index (χ0n) is 19.5. The minimum atomic E-state index is -0.0237. The van der Waals surface area contributed by atoms with Crippen molar-refractivity contribution in [3.05, 3.63) is 23.8 Å². The van der Waals surface area contributed by atoms with E-state index in [0.717, 1.165) is 36.5 Å². The van der Waals surface area contributed by atoms with Gasteiger partial charge in [-0.3, -0.25) is 0 Å². The number of allylic oxidation sites excluding steroid dienone is 3. The summed E-state index contributed by atoms with van der Waals surface area (Å²) in [5.41, 5.74) is 5.04. The first kappa shape index (κ1) is 20.3. The van der Waals surface area contributed by atoms with Crippen LogP contribution >= 0.6 is 0 Å². The molecule has 0 radical (unpaired) electrons. The number of hydrogen-bond donors (Lipinski definition) is 1. The highest BCUT2D eigenvalue weighted by atomic mass is 16.3. The zero-order chi connectivity index (χ0) is 20.6. The lowest BCUT2D eigenvalue weighted by atomic mass is 9.52. The van der Waals surface area contributed by atoms with Crippen molar-refractivity contribution < 1.29 is 5.11 Å². The van der Waals surface area contributed by atoms with Crippen LogP contribution in [0.5, 0.6) is 0 Å². The molecule has 1 unspecified atom stereocenters. The van der Waals surface area contributed by atoms with Crippen LogP contribution in [-0.4, -0.2) is 11.2 Å². The molecule has 0 saturated heterocycles. The number of hydrogen-bond acceptors (Lipinski definition) is 1. The topological polar surface area (TPSA) is 20.2 Å². The van der Waals surface area contributed by atoms with Crippen molar-refractivity contribution in [3.8, 4) is 0 Å². The molecule has 1 heteroatoms. The van der Waals surface area contributed by atoms with Crippen LogP contribution in [0.2, 0.25) is 0 Å². The predicted octanol–water partition coefficient (Wildman–Crippen LogP) is 7.31. The Morgan fingerprint density at radius 2 is 1.97 bits per heavy atom. The van der Waals surface area contributed by atoms with E-state index in [4.69, 9.17) is 0 Å². The monoisotopic (exact) mass is 396 g/mol. The molecule has 0 bridgehead atoms. The van der Waals surface area contributed by atoms with Gasteiger partial charge in [0.15, 0.2) is 0 Å². The summed E-state index contributed by atoms with van der Waals surface area (Å²) in [5.74, 6) is 3.97. The molecule has 1 nitrogen and oxygen atoms in total.